The number of aromatic hydroxyl groups is 1. The molecule has 0 spiro atoms. The fraction of sp³-hybridized carbons (Fsp3) is 0.455. The molecule has 0 saturated heterocycles. The third-order valence-electron chi connectivity index (χ3n) is 4.43. The molecule has 2 aromatic carbocycles. The van der Waals surface area contributed by atoms with E-state index in [0.29, 0.717) is 6.42 Å². The molecule has 3 heteroatoms. The van der Waals surface area contributed by atoms with Gasteiger partial charge in [0, 0.05) is 31.8 Å². The van der Waals surface area contributed by atoms with Gasteiger partial charge in [-0.15, -0.1) is 12.4 Å². The summed E-state index contributed by atoms with van der Waals surface area (Å²) >= 11 is 0. The van der Waals surface area contributed by atoms with Gasteiger partial charge in [-0.3, -0.25) is 4.90 Å². The summed E-state index contributed by atoms with van der Waals surface area (Å²) in [5.41, 5.74) is 2.75. The van der Waals surface area contributed by atoms with E-state index >= 15 is 0 Å². The number of rotatable bonds is 7. The Kier molecular flexibility index (Phi) is 5.38. The van der Waals surface area contributed by atoms with Gasteiger partial charge in [0.05, 0.1) is 0 Å². The summed E-state index contributed by atoms with van der Waals surface area (Å²) in [5.74, 6) is -0.0186. The Balaban J connectivity index is 0.00000480. The number of phenols is 1. The van der Waals surface area contributed by atoms with Crippen LogP contribution in [0, 0.1) is 6.92 Å². The molecule has 0 amide bonds. The van der Waals surface area contributed by atoms with Crippen LogP contribution in [0.25, 0.3) is 0 Å². The average molecular weight is 368 g/mol. The number of aryl methyl sites for hydroxylation is 1. The Bertz CT molecular complexity index is 805. The first-order valence-corrected chi connectivity index (χ1v) is 8.42. The zero-order valence-corrected chi connectivity index (χ0v) is 15.9. The molecule has 0 radical (unpaired) electrons. The third-order valence-corrected chi connectivity index (χ3v) is 4.43. The van der Waals surface area contributed by atoms with Crippen LogP contribution in [0.3, 0.4) is 0 Å². The van der Waals surface area contributed by atoms with Gasteiger partial charge in [0.2, 0.25) is 0 Å². The van der Waals surface area contributed by atoms with Crippen molar-refractivity contribution < 1.29 is 13.3 Å². The maximum Gasteiger partial charge on any atom is 0.119 e. The molecule has 3 unspecified atom stereocenters. The molecule has 3 atom stereocenters. The van der Waals surface area contributed by atoms with Crippen molar-refractivity contribution in [2.24, 2.45) is 0 Å². The van der Waals surface area contributed by atoms with Crippen LogP contribution in [0.5, 0.6) is 5.75 Å². The van der Waals surface area contributed by atoms with Crippen LogP contribution in [-0.2, 0) is 0 Å². The van der Waals surface area contributed by atoms with Crippen LogP contribution in [0.1, 0.15) is 64.8 Å². The molecule has 0 aromatic heterocycles. The van der Waals surface area contributed by atoms with Crippen molar-refractivity contribution in [2.45, 2.75) is 58.9 Å². The molecular weight excluding hydrogens is 330 g/mol. The molecule has 25 heavy (non-hydrogen) atoms. The van der Waals surface area contributed by atoms with Crippen molar-refractivity contribution in [2.75, 3.05) is 6.54 Å². The normalized spacial score (nSPS) is 19.2. The van der Waals surface area contributed by atoms with Gasteiger partial charge in [-0.25, -0.2) is 0 Å². The van der Waals surface area contributed by atoms with E-state index in [1.54, 1.807) is 24.8 Å². The second-order valence-corrected chi connectivity index (χ2v) is 6.40. The van der Waals surface area contributed by atoms with E-state index < -0.39 is 25.8 Å². The Labute approximate surface area is 167 Å². The molecule has 2 aromatic rings. The molecule has 0 aliphatic heterocycles. The fourth-order valence-electron chi connectivity index (χ4n) is 3.14. The van der Waals surface area contributed by atoms with Gasteiger partial charge >= 0.3 is 0 Å². The van der Waals surface area contributed by atoms with Crippen LogP contribution in [-0.4, -0.2) is 28.6 Å². The average Bonchev–Trinajstić information content (AvgIpc) is 2.66. The summed E-state index contributed by atoms with van der Waals surface area (Å²) in [6.07, 6.45) is 0.474. The minimum atomic E-state index is -2.30. The predicted molar refractivity (Wildman–Crippen MR) is 110 cm³/mol. The highest BCUT2D eigenvalue weighted by Gasteiger charge is 2.21. The largest absolute Gasteiger partial charge is 0.508 e. The van der Waals surface area contributed by atoms with Crippen molar-refractivity contribution in [3.05, 3.63) is 65.2 Å². The van der Waals surface area contributed by atoms with Crippen LogP contribution in [0.2, 0.25) is 0 Å². The van der Waals surface area contributed by atoms with E-state index in [1.165, 1.54) is 0 Å². The monoisotopic (exact) mass is 367 g/mol. The first-order valence-electron chi connectivity index (χ1n) is 11.4. The number of phenolic OH excluding ortho intramolecular Hbond substituents is 1. The van der Waals surface area contributed by atoms with Crippen molar-refractivity contribution in [3.8, 4) is 5.75 Å². The van der Waals surface area contributed by atoms with Gasteiger partial charge in [0.15, 0.2) is 0 Å². The summed E-state index contributed by atoms with van der Waals surface area (Å²) in [6, 6.07) is 13.3. The van der Waals surface area contributed by atoms with E-state index in [2.05, 4.69) is 0 Å². The molecule has 0 heterocycles. The van der Waals surface area contributed by atoms with Crippen molar-refractivity contribution >= 4 is 12.4 Å². The maximum atomic E-state index is 10.5. The zero-order valence-electron chi connectivity index (χ0n) is 21.1. The highest BCUT2D eigenvalue weighted by Crippen LogP contribution is 2.35. The van der Waals surface area contributed by atoms with Crippen LogP contribution >= 0.6 is 12.4 Å². The third kappa shape index (κ3) is 5.76. The smallest absolute Gasteiger partial charge is 0.119 e. The Morgan fingerprint density at radius 1 is 1.04 bits per heavy atom. The highest BCUT2D eigenvalue weighted by atomic mass is 35.5. The van der Waals surface area contributed by atoms with Gasteiger partial charge in [-0.05, 0) is 59.1 Å². The molecule has 2 nitrogen and oxygen atoms in total. The Morgan fingerprint density at radius 3 is 2.28 bits per heavy atom. The summed E-state index contributed by atoms with van der Waals surface area (Å²) < 4.78 is 46.9. The summed E-state index contributed by atoms with van der Waals surface area (Å²) in [5, 5.41) is 10.5. The Hall–Kier alpha value is -1.51. The lowest BCUT2D eigenvalue weighted by Crippen LogP contribution is -2.38. The van der Waals surface area contributed by atoms with Gasteiger partial charge in [0.25, 0.3) is 0 Å². The van der Waals surface area contributed by atoms with Gasteiger partial charge in [-0.2, -0.15) is 0 Å². The molecule has 138 valence electrons. The van der Waals surface area contributed by atoms with E-state index in [4.69, 9.17) is 8.22 Å². The fourth-order valence-corrected chi connectivity index (χ4v) is 3.14. The predicted octanol–water partition coefficient (Wildman–Crippen LogP) is 5.76. The molecule has 0 aliphatic carbocycles. The van der Waals surface area contributed by atoms with E-state index in [-0.39, 0.29) is 30.6 Å². The number of nitrogens with zero attached hydrogens (tertiary/aromatic N) is 1. The lowest BCUT2D eigenvalue weighted by Gasteiger charge is -2.32. The summed E-state index contributed by atoms with van der Waals surface area (Å²) in [4.78, 5) is 1.56. The summed E-state index contributed by atoms with van der Waals surface area (Å²) in [7, 11) is 0. The molecule has 0 aliphatic rings. The topological polar surface area (TPSA) is 23.5 Å². The Morgan fingerprint density at radius 2 is 1.68 bits per heavy atom. The highest BCUT2D eigenvalue weighted by molar-refractivity contribution is 5.85. The maximum absolute atomic E-state index is 10.5. The lowest BCUT2D eigenvalue weighted by atomic mass is 9.87. The molecule has 2 rings (SSSR count). The van der Waals surface area contributed by atoms with Gasteiger partial charge in [-0.1, -0.05) is 48.0 Å². The molecular formula is C22H32ClNO. The number of hydrogen-bond acceptors (Lipinski definition) is 2. The number of benzene rings is 2. The van der Waals surface area contributed by atoms with Crippen molar-refractivity contribution in [1.82, 2.24) is 4.90 Å². The second kappa shape index (κ2) is 9.84. The first kappa shape index (κ1) is 13.7. The van der Waals surface area contributed by atoms with E-state index in [9.17, 15) is 5.11 Å². The second-order valence-electron chi connectivity index (χ2n) is 6.40. The van der Waals surface area contributed by atoms with Gasteiger partial charge < -0.3 is 5.11 Å². The minimum Gasteiger partial charge on any atom is -0.508 e. The number of halogens is 1. The van der Waals surface area contributed by atoms with E-state index in [0.717, 1.165) is 16.7 Å². The lowest BCUT2D eigenvalue weighted by molar-refractivity contribution is 0.170. The van der Waals surface area contributed by atoms with Crippen molar-refractivity contribution in [3.63, 3.8) is 0 Å². The molecule has 1 N–H and O–H groups in total. The standard InChI is InChI=1S/C22H31NO.ClH/c1-16(2)23(17(3)4)14-13-20(19-9-7-6-8-10-19)21-15-18(5)11-12-22(21)24;/h6-12,15-17,20,24H,13-14H2,1-5H3;1H/i1D3,3D3;. The zero-order chi connectivity index (χ0) is 22.7. The molecule has 0 fully saturated rings. The summed E-state index contributed by atoms with van der Waals surface area (Å²) in [6.45, 7) is 0.727. The van der Waals surface area contributed by atoms with Crippen LogP contribution in [0.15, 0.2) is 48.5 Å². The van der Waals surface area contributed by atoms with Gasteiger partial charge in [0.1, 0.15) is 5.75 Å². The SMILES string of the molecule is Cl.[2H]C([2H])([2H])C(C)N(CCC(c1ccccc1)c1cc(C)ccc1O)C(C)C([2H])([2H])[2H]. The van der Waals surface area contributed by atoms with Crippen LogP contribution < -0.4 is 0 Å². The quantitative estimate of drug-likeness (QED) is 0.672. The molecule has 0 saturated carbocycles. The molecule has 0 bridgehead atoms. The van der Waals surface area contributed by atoms with Crippen LogP contribution in [0.4, 0.5) is 0 Å². The minimum absolute atomic E-state index is 0. The van der Waals surface area contributed by atoms with Crippen molar-refractivity contribution in [1.29, 1.82) is 0 Å². The van der Waals surface area contributed by atoms with E-state index in [1.807, 2.05) is 49.4 Å². The number of hydrogen-bond donors (Lipinski definition) is 1. The first-order chi connectivity index (χ1) is 13.8.